The molecule has 1 atom stereocenters. The third-order valence-electron chi connectivity index (χ3n) is 2.94. The monoisotopic (exact) mass is 261 g/mol. The molecule has 0 fully saturated rings. The van der Waals surface area contributed by atoms with Crippen LogP contribution in [0.3, 0.4) is 0 Å². The molecule has 1 N–H and O–H groups in total. The zero-order chi connectivity index (χ0) is 14.3. The van der Waals surface area contributed by atoms with Gasteiger partial charge in [-0.25, -0.2) is 0 Å². The standard InChI is InChI=1S/C15H23N3O/c1-12(2)17-13(11-16)8-9-18(3)14-6-5-7-15(10-14)19-4/h5-7,10,12-13,17H,8-9H2,1-4H3. The molecule has 1 aromatic rings. The summed E-state index contributed by atoms with van der Waals surface area (Å²) >= 11 is 0. The Morgan fingerprint density at radius 1 is 1.42 bits per heavy atom. The van der Waals surface area contributed by atoms with Crippen LogP contribution in [0, 0.1) is 11.3 Å². The van der Waals surface area contributed by atoms with Crippen LogP contribution in [-0.4, -0.2) is 32.8 Å². The van der Waals surface area contributed by atoms with Gasteiger partial charge < -0.3 is 9.64 Å². The van der Waals surface area contributed by atoms with E-state index in [0.29, 0.717) is 6.04 Å². The lowest BCUT2D eigenvalue weighted by Crippen LogP contribution is -2.36. The molecule has 104 valence electrons. The molecule has 1 unspecified atom stereocenters. The Morgan fingerprint density at radius 3 is 2.74 bits per heavy atom. The summed E-state index contributed by atoms with van der Waals surface area (Å²) in [4.78, 5) is 2.13. The van der Waals surface area contributed by atoms with E-state index in [2.05, 4.69) is 30.1 Å². The van der Waals surface area contributed by atoms with Crippen molar-refractivity contribution >= 4 is 5.69 Å². The number of nitriles is 1. The van der Waals surface area contributed by atoms with E-state index >= 15 is 0 Å². The molecule has 0 spiro atoms. The van der Waals surface area contributed by atoms with E-state index < -0.39 is 0 Å². The highest BCUT2D eigenvalue weighted by atomic mass is 16.5. The van der Waals surface area contributed by atoms with Crippen molar-refractivity contribution in [3.05, 3.63) is 24.3 Å². The van der Waals surface area contributed by atoms with E-state index in [1.807, 2.05) is 31.3 Å². The molecular weight excluding hydrogens is 238 g/mol. The van der Waals surface area contributed by atoms with Gasteiger partial charge in [0.25, 0.3) is 0 Å². The van der Waals surface area contributed by atoms with Crippen LogP contribution >= 0.6 is 0 Å². The minimum atomic E-state index is -0.104. The molecule has 0 saturated heterocycles. The number of hydrogen-bond acceptors (Lipinski definition) is 4. The molecule has 0 aliphatic rings. The fourth-order valence-corrected chi connectivity index (χ4v) is 1.89. The smallest absolute Gasteiger partial charge is 0.120 e. The van der Waals surface area contributed by atoms with Crippen LogP contribution in [0.25, 0.3) is 0 Å². The molecule has 1 rings (SSSR count). The van der Waals surface area contributed by atoms with Crippen molar-refractivity contribution in [1.82, 2.24) is 5.32 Å². The van der Waals surface area contributed by atoms with Crippen molar-refractivity contribution in [3.8, 4) is 11.8 Å². The van der Waals surface area contributed by atoms with E-state index in [0.717, 1.165) is 24.4 Å². The fraction of sp³-hybridized carbons (Fsp3) is 0.533. The Morgan fingerprint density at radius 2 is 2.16 bits per heavy atom. The summed E-state index contributed by atoms with van der Waals surface area (Å²) in [6.07, 6.45) is 0.794. The van der Waals surface area contributed by atoms with E-state index in [-0.39, 0.29) is 6.04 Å². The molecule has 0 aromatic heterocycles. The van der Waals surface area contributed by atoms with Crippen molar-refractivity contribution in [1.29, 1.82) is 5.26 Å². The minimum Gasteiger partial charge on any atom is -0.497 e. The number of nitrogens with one attached hydrogen (secondary N) is 1. The average Bonchev–Trinajstić information content (AvgIpc) is 2.42. The lowest BCUT2D eigenvalue weighted by Gasteiger charge is -2.22. The largest absolute Gasteiger partial charge is 0.497 e. The van der Waals surface area contributed by atoms with Crippen molar-refractivity contribution < 1.29 is 4.74 Å². The van der Waals surface area contributed by atoms with Gasteiger partial charge in [0.2, 0.25) is 0 Å². The van der Waals surface area contributed by atoms with Gasteiger partial charge in [-0.3, -0.25) is 5.32 Å². The van der Waals surface area contributed by atoms with Gasteiger partial charge in [0.1, 0.15) is 5.75 Å². The van der Waals surface area contributed by atoms with Crippen LogP contribution < -0.4 is 15.0 Å². The Kier molecular flexibility index (Phi) is 6.17. The number of benzene rings is 1. The van der Waals surface area contributed by atoms with Crippen molar-refractivity contribution in [2.75, 3.05) is 25.6 Å². The van der Waals surface area contributed by atoms with Crippen molar-refractivity contribution in [2.24, 2.45) is 0 Å². The Balaban J connectivity index is 2.54. The molecule has 19 heavy (non-hydrogen) atoms. The highest BCUT2D eigenvalue weighted by Crippen LogP contribution is 2.20. The second-order valence-electron chi connectivity index (χ2n) is 4.91. The number of methoxy groups -OCH3 is 1. The second-order valence-corrected chi connectivity index (χ2v) is 4.91. The van der Waals surface area contributed by atoms with Crippen molar-refractivity contribution in [2.45, 2.75) is 32.4 Å². The van der Waals surface area contributed by atoms with E-state index in [9.17, 15) is 0 Å². The summed E-state index contributed by atoms with van der Waals surface area (Å²) in [6, 6.07) is 10.5. The van der Waals surface area contributed by atoms with Gasteiger partial charge >= 0.3 is 0 Å². The maximum atomic E-state index is 9.09. The van der Waals surface area contributed by atoms with Crippen LogP contribution in [0.2, 0.25) is 0 Å². The molecule has 0 amide bonds. The molecule has 1 aromatic carbocycles. The Hall–Kier alpha value is -1.73. The van der Waals surface area contributed by atoms with Crippen LogP contribution in [0.5, 0.6) is 5.75 Å². The SMILES string of the molecule is COc1cccc(N(C)CCC(C#N)NC(C)C)c1. The molecular formula is C15H23N3O. The normalized spacial score (nSPS) is 12.0. The number of ether oxygens (including phenoxy) is 1. The van der Waals surface area contributed by atoms with Crippen LogP contribution in [-0.2, 0) is 0 Å². The summed E-state index contributed by atoms with van der Waals surface area (Å²) < 4.78 is 5.21. The van der Waals surface area contributed by atoms with E-state index in [4.69, 9.17) is 10.00 Å². The first kappa shape index (κ1) is 15.3. The van der Waals surface area contributed by atoms with Gasteiger partial charge in [0.15, 0.2) is 0 Å². The minimum absolute atomic E-state index is 0.104. The molecule has 0 radical (unpaired) electrons. The molecule has 0 saturated carbocycles. The second kappa shape index (κ2) is 7.65. The van der Waals surface area contributed by atoms with Crippen LogP contribution in [0.4, 0.5) is 5.69 Å². The van der Waals surface area contributed by atoms with Gasteiger partial charge in [-0.2, -0.15) is 5.26 Å². The number of nitrogens with zero attached hydrogens (tertiary/aromatic N) is 2. The van der Waals surface area contributed by atoms with Gasteiger partial charge in [-0.1, -0.05) is 6.07 Å². The van der Waals surface area contributed by atoms with Crippen molar-refractivity contribution in [3.63, 3.8) is 0 Å². The maximum Gasteiger partial charge on any atom is 0.120 e. The van der Waals surface area contributed by atoms with Gasteiger partial charge in [0, 0.05) is 31.4 Å². The zero-order valence-corrected chi connectivity index (χ0v) is 12.2. The number of hydrogen-bond donors (Lipinski definition) is 1. The van der Waals surface area contributed by atoms with E-state index in [1.54, 1.807) is 7.11 Å². The van der Waals surface area contributed by atoms with Gasteiger partial charge in [-0.15, -0.1) is 0 Å². The lowest BCUT2D eigenvalue weighted by molar-refractivity contribution is 0.415. The van der Waals surface area contributed by atoms with Gasteiger partial charge in [0.05, 0.1) is 19.2 Å². The Labute approximate surface area is 116 Å². The topological polar surface area (TPSA) is 48.3 Å². The number of anilines is 1. The molecule has 0 aliphatic heterocycles. The highest BCUT2D eigenvalue weighted by molar-refractivity contribution is 5.50. The fourth-order valence-electron chi connectivity index (χ4n) is 1.89. The molecule has 4 nitrogen and oxygen atoms in total. The zero-order valence-electron chi connectivity index (χ0n) is 12.2. The first-order chi connectivity index (χ1) is 9.06. The average molecular weight is 261 g/mol. The third kappa shape index (κ3) is 5.19. The summed E-state index contributed by atoms with van der Waals surface area (Å²) in [6.45, 7) is 4.93. The molecule has 4 heteroatoms. The van der Waals surface area contributed by atoms with Gasteiger partial charge in [-0.05, 0) is 32.4 Å². The summed E-state index contributed by atoms with van der Waals surface area (Å²) in [5.41, 5.74) is 1.10. The number of rotatable bonds is 7. The quantitative estimate of drug-likeness (QED) is 0.819. The summed E-state index contributed by atoms with van der Waals surface area (Å²) in [7, 11) is 3.69. The first-order valence-electron chi connectivity index (χ1n) is 6.57. The highest BCUT2D eigenvalue weighted by Gasteiger charge is 2.10. The summed E-state index contributed by atoms with van der Waals surface area (Å²) in [5, 5.41) is 12.3. The lowest BCUT2D eigenvalue weighted by atomic mass is 10.2. The predicted octanol–water partition coefficient (Wildman–Crippen LogP) is 2.41. The first-order valence-corrected chi connectivity index (χ1v) is 6.57. The molecule has 0 heterocycles. The third-order valence-corrected chi connectivity index (χ3v) is 2.94. The summed E-state index contributed by atoms with van der Waals surface area (Å²) in [5.74, 6) is 0.849. The molecule has 0 bridgehead atoms. The van der Waals surface area contributed by atoms with Crippen LogP contribution in [0.15, 0.2) is 24.3 Å². The Bertz CT molecular complexity index is 426. The maximum absolute atomic E-state index is 9.09. The van der Waals surface area contributed by atoms with Crippen LogP contribution in [0.1, 0.15) is 20.3 Å². The molecule has 0 aliphatic carbocycles. The van der Waals surface area contributed by atoms with E-state index in [1.165, 1.54) is 0 Å². The predicted molar refractivity (Wildman–Crippen MR) is 78.6 cm³/mol.